The highest BCUT2D eigenvalue weighted by Gasteiger charge is 2.18. The van der Waals surface area contributed by atoms with Crippen molar-refractivity contribution in [2.75, 3.05) is 5.32 Å². The molecule has 0 radical (unpaired) electrons. The van der Waals surface area contributed by atoms with Gasteiger partial charge in [0.1, 0.15) is 0 Å². The van der Waals surface area contributed by atoms with Crippen molar-refractivity contribution in [3.05, 3.63) is 23.1 Å². The quantitative estimate of drug-likeness (QED) is 0.743. The molecule has 15 heavy (non-hydrogen) atoms. The average molecular weight is 223 g/mol. The molecule has 1 aliphatic heterocycles. The monoisotopic (exact) mass is 222 g/mol. The summed E-state index contributed by atoms with van der Waals surface area (Å²) in [4.78, 5) is 4.30. The molecule has 78 valence electrons. The third-order valence-corrected chi connectivity index (χ3v) is 2.95. The number of hydrogen-bond donors (Lipinski definition) is 1. The van der Waals surface area contributed by atoms with Crippen LogP contribution in [-0.4, -0.2) is 20.6 Å². The first-order chi connectivity index (χ1) is 7.24. The van der Waals surface area contributed by atoms with Crippen LogP contribution in [0.1, 0.15) is 19.0 Å². The fourth-order valence-corrected chi connectivity index (χ4v) is 2.18. The van der Waals surface area contributed by atoms with Gasteiger partial charge in [-0.3, -0.25) is 0 Å². The minimum atomic E-state index is 0.495. The van der Waals surface area contributed by atoms with Crippen LogP contribution in [0.2, 0.25) is 5.15 Å². The van der Waals surface area contributed by atoms with Gasteiger partial charge in [-0.1, -0.05) is 11.6 Å². The first-order valence-electron chi connectivity index (χ1n) is 5.04. The summed E-state index contributed by atoms with van der Waals surface area (Å²) in [5.74, 6) is 0. The maximum Gasteiger partial charge on any atom is 0.156 e. The summed E-state index contributed by atoms with van der Waals surface area (Å²) in [6.45, 7) is 2.17. The van der Waals surface area contributed by atoms with Crippen molar-refractivity contribution in [3.8, 4) is 0 Å². The third-order valence-electron chi connectivity index (χ3n) is 2.77. The number of nitrogens with zero attached hydrogens (tertiary/aromatic N) is 3. The summed E-state index contributed by atoms with van der Waals surface area (Å²) < 4.78 is 1.83. The van der Waals surface area contributed by atoms with Crippen LogP contribution >= 0.6 is 11.6 Å². The largest absolute Gasteiger partial charge is 0.380 e. The lowest BCUT2D eigenvalue weighted by Crippen LogP contribution is -2.24. The van der Waals surface area contributed by atoms with Crippen LogP contribution in [0.25, 0.3) is 5.65 Å². The summed E-state index contributed by atoms with van der Waals surface area (Å²) in [6.07, 6.45) is 3.99. The summed E-state index contributed by atoms with van der Waals surface area (Å²) in [5.41, 5.74) is 3.06. The summed E-state index contributed by atoms with van der Waals surface area (Å²) in [6, 6.07) is 2.28. The van der Waals surface area contributed by atoms with Crippen LogP contribution in [0.4, 0.5) is 5.69 Å². The lowest BCUT2D eigenvalue weighted by Gasteiger charge is -2.23. The predicted octanol–water partition coefficient (Wildman–Crippen LogP) is 2.13. The highest BCUT2D eigenvalue weighted by Crippen LogP contribution is 2.25. The Kier molecular flexibility index (Phi) is 1.85. The summed E-state index contributed by atoms with van der Waals surface area (Å²) in [7, 11) is 0. The van der Waals surface area contributed by atoms with E-state index in [-0.39, 0.29) is 0 Å². The van der Waals surface area contributed by atoms with Crippen molar-refractivity contribution in [3.63, 3.8) is 0 Å². The van der Waals surface area contributed by atoms with Gasteiger partial charge in [0.15, 0.2) is 10.8 Å². The molecule has 0 fully saturated rings. The highest BCUT2D eigenvalue weighted by molar-refractivity contribution is 6.29. The zero-order chi connectivity index (χ0) is 10.4. The van der Waals surface area contributed by atoms with Gasteiger partial charge in [0.2, 0.25) is 0 Å². The zero-order valence-corrected chi connectivity index (χ0v) is 9.12. The van der Waals surface area contributed by atoms with Crippen LogP contribution < -0.4 is 5.32 Å². The molecule has 4 nitrogen and oxygen atoms in total. The number of hydrogen-bond acceptors (Lipinski definition) is 3. The molecule has 0 bridgehead atoms. The molecule has 0 aromatic carbocycles. The minimum Gasteiger partial charge on any atom is -0.380 e. The fourth-order valence-electron chi connectivity index (χ4n) is 2.01. The van der Waals surface area contributed by atoms with E-state index in [4.69, 9.17) is 11.6 Å². The van der Waals surface area contributed by atoms with Crippen molar-refractivity contribution < 1.29 is 0 Å². The average Bonchev–Trinajstić information content (AvgIpc) is 2.58. The van der Waals surface area contributed by atoms with Crippen LogP contribution in [0.5, 0.6) is 0 Å². The maximum absolute atomic E-state index is 5.86. The molecule has 2 aromatic rings. The topological polar surface area (TPSA) is 42.2 Å². The van der Waals surface area contributed by atoms with Gasteiger partial charge >= 0.3 is 0 Å². The van der Waals surface area contributed by atoms with E-state index in [9.17, 15) is 0 Å². The lowest BCUT2D eigenvalue weighted by molar-refractivity contribution is 0.647. The molecule has 1 N–H and O–H groups in total. The van der Waals surface area contributed by atoms with Crippen molar-refractivity contribution in [1.29, 1.82) is 0 Å². The van der Waals surface area contributed by atoms with E-state index in [1.54, 1.807) is 6.07 Å². The van der Waals surface area contributed by atoms with E-state index in [2.05, 4.69) is 22.3 Å². The Morgan fingerprint density at radius 3 is 3.33 bits per heavy atom. The van der Waals surface area contributed by atoms with Gasteiger partial charge in [0, 0.05) is 12.1 Å². The third kappa shape index (κ3) is 1.36. The second-order valence-corrected chi connectivity index (χ2v) is 4.33. The molecular formula is C10H11ClN4. The van der Waals surface area contributed by atoms with Crippen molar-refractivity contribution in [2.45, 2.75) is 25.8 Å². The van der Waals surface area contributed by atoms with Crippen LogP contribution in [0.15, 0.2) is 12.3 Å². The molecule has 0 aliphatic carbocycles. The van der Waals surface area contributed by atoms with Crippen LogP contribution in [0.3, 0.4) is 0 Å². The summed E-state index contributed by atoms with van der Waals surface area (Å²) >= 11 is 5.86. The SMILES string of the molecule is C[C@H]1CCc2c(cnc3cc(Cl)nn23)N1. The van der Waals surface area contributed by atoms with Gasteiger partial charge in [0.25, 0.3) is 0 Å². The molecule has 5 heteroatoms. The molecule has 1 atom stereocenters. The lowest BCUT2D eigenvalue weighted by atomic mass is 10.1. The Morgan fingerprint density at radius 1 is 1.60 bits per heavy atom. The number of halogens is 1. The van der Waals surface area contributed by atoms with Crippen LogP contribution in [-0.2, 0) is 6.42 Å². The number of anilines is 1. The highest BCUT2D eigenvalue weighted by atomic mass is 35.5. The maximum atomic E-state index is 5.86. The molecule has 0 unspecified atom stereocenters. The van der Waals surface area contributed by atoms with Crippen molar-refractivity contribution >= 4 is 22.9 Å². The molecule has 0 spiro atoms. The Balaban J connectivity index is 2.24. The summed E-state index contributed by atoms with van der Waals surface area (Å²) in [5, 5.41) is 8.12. The molecule has 2 aromatic heterocycles. The molecule has 0 saturated carbocycles. The van der Waals surface area contributed by atoms with E-state index in [0.29, 0.717) is 11.2 Å². The molecule has 0 saturated heterocycles. The van der Waals surface area contributed by atoms with Gasteiger partial charge in [-0.2, -0.15) is 5.10 Å². The zero-order valence-electron chi connectivity index (χ0n) is 8.37. The van der Waals surface area contributed by atoms with Crippen molar-refractivity contribution in [1.82, 2.24) is 14.6 Å². The van der Waals surface area contributed by atoms with Crippen molar-refractivity contribution in [2.24, 2.45) is 0 Å². The van der Waals surface area contributed by atoms with Gasteiger partial charge in [-0.25, -0.2) is 9.50 Å². The van der Waals surface area contributed by atoms with Gasteiger partial charge < -0.3 is 5.32 Å². The Labute approximate surface area is 92.3 Å². The van der Waals surface area contributed by atoms with E-state index in [1.807, 2.05) is 10.7 Å². The van der Waals surface area contributed by atoms with E-state index in [1.165, 1.54) is 5.69 Å². The number of nitrogens with one attached hydrogen (secondary N) is 1. The standard InChI is InChI=1S/C10H11ClN4/c1-6-2-3-8-7(13-6)5-12-10-4-9(11)14-15(8)10/h4-6,13H,2-3H2,1H3/t6-/m0/s1. The Hall–Kier alpha value is -1.29. The second kappa shape index (κ2) is 3.10. The minimum absolute atomic E-state index is 0.495. The fraction of sp³-hybridized carbons (Fsp3) is 0.400. The van der Waals surface area contributed by atoms with Crippen LogP contribution in [0, 0.1) is 0 Å². The predicted molar refractivity (Wildman–Crippen MR) is 59.4 cm³/mol. The van der Waals surface area contributed by atoms with E-state index >= 15 is 0 Å². The molecular weight excluding hydrogens is 212 g/mol. The first-order valence-corrected chi connectivity index (χ1v) is 5.41. The van der Waals surface area contributed by atoms with E-state index < -0.39 is 0 Å². The Bertz CT molecular complexity index is 519. The van der Waals surface area contributed by atoms with Gasteiger partial charge in [-0.05, 0) is 19.8 Å². The first kappa shape index (κ1) is 8.97. The van der Waals surface area contributed by atoms with E-state index in [0.717, 1.165) is 24.2 Å². The number of rotatable bonds is 0. The van der Waals surface area contributed by atoms with Gasteiger partial charge in [-0.15, -0.1) is 0 Å². The Morgan fingerprint density at radius 2 is 2.47 bits per heavy atom. The molecule has 3 rings (SSSR count). The second-order valence-electron chi connectivity index (χ2n) is 3.94. The smallest absolute Gasteiger partial charge is 0.156 e. The number of aromatic nitrogens is 3. The molecule has 0 amide bonds. The normalized spacial score (nSPS) is 20.0. The number of fused-ring (bicyclic) bond motifs is 3. The number of aryl methyl sites for hydroxylation is 1. The van der Waals surface area contributed by atoms with Gasteiger partial charge in [0.05, 0.1) is 17.6 Å². The molecule has 1 aliphatic rings. The molecule has 3 heterocycles.